The van der Waals surface area contributed by atoms with Gasteiger partial charge in [0.05, 0.1) is 0 Å². The molecule has 0 spiro atoms. The standard InChI is InChI=1S/C15H14S/c1-2-14-9-8-13(11-15(14)16)10-12-6-4-3-5-7-12/h2-9,11,16H,1,10H2. The average molecular weight is 226 g/mol. The topological polar surface area (TPSA) is 0 Å². The van der Waals surface area contributed by atoms with Gasteiger partial charge in [-0.3, -0.25) is 0 Å². The van der Waals surface area contributed by atoms with Crippen molar-refractivity contribution in [1.29, 1.82) is 0 Å². The molecule has 0 saturated carbocycles. The van der Waals surface area contributed by atoms with Crippen LogP contribution in [0, 0.1) is 0 Å². The fourth-order valence-electron chi connectivity index (χ4n) is 1.70. The number of benzene rings is 2. The van der Waals surface area contributed by atoms with Gasteiger partial charge in [-0.05, 0) is 29.2 Å². The molecule has 16 heavy (non-hydrogen) atoms. The summed E-state index contributed by atoms with van der Waals surface area (Å²) in [5.41, 5.74) is 3.68. The van der Waals surface area contributed by atoms with Crippen molar-refractivity contribution >= 4 is 18.7 Å². The van der Waals surface area contributed by atoms with Gasteiger partial charge in [-0.1, -0.05) is 55.1 Å². The number of hydrogen-bond acceptors (Lipinski definition) is 1. The van der Waals surface area contributed by atoms with Crippen LogP contribution in [-0.2, 0) is 6.42 Å². The summed E-state index contributed by atoms with van der Waals surface area (Å²) < 4.78 is 0. The monoisotopic (exact) mass is 226 g/mol. The van der Waals surface area contributed by atoms with Crippen LogP contribution < -0.4 is 0 Å². The SMILES string of the molecule is C=Cc1ccc(Cc2ccccc2)cc1S. The van der Waals surface area contributed by atoms with E-state index >= 15 is 0 Å². The number of thiol groups is 1. The van der Waals surface area contributed by atoms with Crippen molar-refractivity contribution in [2.24, 2.45) is 0 Å². The van der Waals surface area contributed by atoms with E-state index in [0.29, 0.717) is 0 Å². The third kappa shape index (κ3) is 2.56. The summed E-state index contributed by atoms with van der Waals surface area (Å²) in [4.78, 5) is 0.989. The molecule has 2 rings (SSSR count). The van der Waals surface area contributed by atoms with Gasteiger partial charge in [0.1, 0.15) is 0 Å². The van der Waals surface area contributed by atoms with Gasteiger partial charge in [-0.15, -0.1) is 12.6 Å². The highest BCUT2D eigenvalue weighted by Gasteiger charge is 1.99. The Morgan fingerprint density at radius 3 is 2.38 bits per heavy atom. The van der Waals surface area contributed by atoms with Crippen molar-refractivity contribution in [2.45, 2.75) is 11.3 Å². The first-order valence-electron chi connectivity index (χ1n) is 5.28. The molecule has 0 aliphatic carbocycles. The molecule has 0 unspecified atom stereocenters. The molecule has 0 aliphatic rings. The van der Waals surface area contributed by atoms with Crippen LogP contribution in [0.25, 0.3) is 6.08 Å². The summed E-state index contributed by atoms with van der Waals surface area (Å²) in [5, 5.41) is 0. The summed E-state index contributed by atoms with van der Waals surface area (Å²) in [7, 11) is 0. The minimum Gasteiger partial charge on any atom is -0.143 e. The van der Waals surface area contributed by atoms with E-state index in [1.807, 2.05) is 12.1 Å². The fraction of sp³-hybridized carbons (Fsp3) is 0.0667. The van der Waals surface area contributed by atoms with Gasteiger partial charge in [0.2, 0.25) is 0 Å². The second-order valence-electron chi connectivity index (χ2n) is 3.76. The molecule has 2 aromatic rings. The Hall–Kier alpha value is -1.47. The Kier molecular flexibility index (Phi) is 3.47. The minimum atomic E-state index is 0.950. The van der Waals surface area contributed by atoms with Crippen LogP contribution in [0.2, 0.25) is 0 Å². The highest BCUT2D eigenvalue weighted by Crippen LogP contribution is 2.19. The zero-order valence-corrected chi connectivity index (χ0v) is 9.95. The number of hydrogen-bond donors (Lipinski definition) is 1. The van der Waals surface area contributed by atoms with Crippen LogP contribution in [0.5, 0.6) is 0 Å². The third-order valence-electron chi connectivity index (χ3n) is 2.57. The molecule has 0 atom stereocenters. The zero-order valence-electron chi connectivity index (χ0n) is 9.06. The molecule has 1 heteroatoms. The summed E-state index contributed by atoms with van der Waals surface area (Å²) in [5.74, 6) is 0. The molecule has 0 radical (unpaired) electrons. The molecule has 2 aromatic carbocycles. The van der Waals surface area contributed by atoms with Gasteiger partial charge < -0.3 is 0 Å². The second kappa shape index (κ2) is 5.04. The highest BCUT2D eigenvalue weighted by molar-refractivity contribution is 7.80. The molecule has 0 aliphatic heterocycles. The first kappa shape index (κ1) is 11.0. The maximum Gasteiger partial charge on any atom is 0.0115 e. The van der Waals surface area contributed by atoms with Gasteiger partial charge in [0, 0.05) is 4.90 Å². The summed E-state index contributed by atoms with van der Waals surface area (Å²) in [6, 6.07) is 16.7. The van der Waals surface area contributed by atoms with E-state index < -0.39 is 0 Å². The van der Waals surface area contributed by atoms with Crippen LogP contribution in [0.3, 0.4) is 0 Å². The van der Waals surface area contributed by atoms with E-state index in [1.165, 1.54) is 11.1 Å². The minimum absolute atomic E-state index is 0.950. The van der Waals surface area contributed by atoms with Gasteiger partial charge >= 0.3 is 0 Å². The maximum absolute atomic E-state index is 4.44. The van der Waals surface area contributed by atoms with Crippen molar-refractivity contribution in [3.05, 3.63) is 71.8 Å². The Morgan fingerprint density at radius 2 is 1.75 bits per heavy atom. The quantitative estimate of drug-likeness (QED) is 0.745. The lowest BCUT2D eigenvalue weighted by Crippen LogP contribution is -1.88. The van der Waals surface area contributed by atoms with Crippen LogP contribution in [0.1, 0.15) is 16.7 Å². The van der Waals surface area contributed by atoms with Crippen molar-refractivity contribution in [3.8, 4) is 0 Å². The van der Waals surface area contributed by atoms with E-state index in [0.717, 1.165) is 16.9 Å². The molecule has 0 nitrogen and oxygen atoms in total. The molecule has 0 heterocycles. The van der Waals surface area contributed by atoms with Crippen LogP contribution >= 0.6 is 12.6 Å². The lowest BCUT2D eigenvalue weighted by atomic mass is 10.0. The van der Waals surface area contributed by atoms with E-state index in [4.69, 9.17) is 0 Å². The van der Waals surface area contributed by atoms with Crippen molar-refractivity contribution in [2.75, 3.05) is 0 Å². The highest BCUT2D eigenvalue weighted by atomic mass is 32.1. The second-order valence-corrected chi connectivity index (χ2v) is 4.24. The first-order chi connectivity index (χ1) is 7.79. The normalized spacial score (nSPS) is 10.1. The van der Waals surface area contributed by atoms with Crippen LogP contribution in [-0.4, -0.2) is 0 Å². The molecule has 0 amide bonds. The molecule has 80 valence electrons. The molecule has 0 bridgehead atoms. The van der Waals surface area contributed by atoms with Crippen molar-refractivity contribution in [3.63, 3.8) is 0 Å². The van der Waals surface area contributed by atoms with Gasteiger partial charge in [-0.25, -0.2) is 0 Å². The molecule has 0 saturated heterocycles. The maximum atomic E-state index is 4.44. The molecular weight excluding hydrogens is 212 g/mol. The van der Waals surface area contributed by atoms with Crippen molar-refractivity contribution < 1.29 is 0 Å². The van der Waals surface area contributed by atoms with Gasteiger partial charge in [-0.2, -0.15) is 0 Å². The van der Waals surface area contributed by atoms with Crippen LogP contribution in [0.4, 0.5) is 0 Å². The number of rotatable bonds is 3. The zero-order chi connectivity index (χ0) is 11.4. The molecule has 0 aromatic heterocycles. The van der Waals surface area contributed by atoms with E-state index in [1.54, 1.807) is 0 Å². The first-order valence-corrected chi connectivity index (χ1v) is 5.72. The van der Waals surface area contributed by atoms with E-state index in [9.17, 15) is 0 Å². The van der Waals surface area contributed by atoms with E-state index in [2.05, 4.69) is 61.7 Å². The Bertz CT molecular complexity index is 486. The molecule has 0 N–H and O–H groups in total. The summed E-state index contributed by atoms with van der Waals surface area (Å²) in [6.45, 7) is 3.76. The predicted octanol–water partition coefficient (Wildman–Crippen LogP) is 4.21. The van der Waals surface area contributed by atoms with Gasteiger partial charge in [0.25, 0.3) is 0 Å². The molecule has 0 fully saturated rings. The smallest absolute Gasteiger partial charge is 0.0115 e. The fourth-order valence-corrected chi connectivity index (χ4v) is 2.04. The van der Waals surface area contributed by atoms with E-state index in [-0.39, 0.29) is 0 Å². The lowest BCUT2D eigenvalue weighted by Gasteiger charge is -2.05. The third-order valence-corrected chi connectivity index (χ3v) is 2.95. The summed E-state index contributed by atoms with van der Waals surface area (Å²) in [6.07, 6.45) is 2.78. The predicted molar refractivity (Wildman–Crippen MR) is 73.0 cm³/mol. The van der Waals surface area contributed by atoms with Gasteiger partial charge in [0.15, 0.2) is 0 Å². The Balaban J connectivity index is 2.23. The lowest BCUT2D eigenvalue weighted by molar-refractivity contribution is 1.17. The Morgan fingerprint density at radius 1 is 1.00 bits per heavy atom. The summed E-state index contributed by atoms with van der Waals surface area (Å²) >= 11 is 4.44. The van der Waals surface area contributed by atoms with Crippen LogP contribution in [0.15, 0.2) is 60.0 Å². The average Bonchev–Trinajstić information content (AvgIpc) is 2.31. The largest absolute Gasteiger partial charge is 0.143 e. The van der Waals surface area contributed by atoms with Crippen molar-refractivity contribution in [1.82, 2.24) is 0 Å². The Labute approximate surface area is 102 Å². The molecular formula is C15H14S.